The van der Waals surface area contributed by atoms with Crippen molar-refractivity contribution in [1.82, 2.24) is 20.3 Å². The van der Waals surface area contributed by atoms with Gasteiger partial charge in [-0.05, 0) is 31.6 Å². The van der Waals surface area contributed by atoms with Crippen LogP contribution in [0.25, 0.3) is 0 Å². The van der Waals surface area contributed by atoms with E-state index in [0.29, 0.717) is 0 Å². The number of aromatic nitrogens is 3. The van der Waals surface area contributed by atoms with Gasteiger partial charge in [-0.3, -0.25) is 4.68 Å². The summed E-state index contributed by atoms with van der Waals surface area (Å²) in [6, 6.07) is 0.742. The molecule has 1 aromatic rings. The highest BCUT2D eigenvalue weighted by atomic mass is 15.4. The van der Waals surface area contributed by atoms with Gasteiger partial charge in [-0.25, -0.2) is 0 Å². The first-order valence-corrected chi connectivity index (χ1v) is 6.36. The minimum atomic E-state index is 0.742. The van der Waals surface area contributed by atoms with Crippen LogP contribution >= 0.6 is 0 Å². The fourth-order valence-electron chi connectivity index (χ4n) is 1.73. The fraction of sp³-hybridized carbons (Fsp3) is 0.833. The Morgan fingerprint density at radius 1 is 1.50 bits per heavy atom. The SMILES string of the molecule is CC(C)CCCn1cc(CNC2CC2)nn1. The van der Waals surface area contributed by atoms with Crippen molar-refractivity contribution in [3.8, 4) is 0 Å². The fourth-order valence-corrected chi connectivity index (χ4v) is 1.73. The number of aryl methyl sites for hydroxylation is 1. The first kappa shape index (κ1) is 11.6. The van der Waals surface area contributed by atoms with E-state index in [1.807, 2.05) is 4.68 Å². The minimum Gasteiger partial charge on any atom is -0.308 e. The van der Waals surface area contributed by atoms with Crippen LogP contribution in [0.3, 0.4) is 0 Å². The zero-order valence-corrected chi connectivity index (χ0v) is 10.3. The van der Waals surface area contributed by atoms with Crippen LogP contribution in [-0.2, 0) is 13.1 Å². The molecule has 1 aliphatic rings. The van der Waals surface area contributed by atoms with Gasteiger partial charge in [0.05, 0.1) is 5.69 Å². The molecule has 0 saturated heterocycles. The molecular weight excluding hydrogens is 200 g/mol. The molecule has 2 rings (SSSR count). The highest BCUT2D eigenvalue weighted by Crippen LogP contribution is 2.18. The van der Waals surface area contributed by atoms with Crippen LogP contribution in [0.5, 0.6) is 0 Å². The third-order valence-corrected chi connectivity index (χ3v) is 2.90. The zero-order valence-electron chi connectivity index (χ0n) is 10.3. The molecule has 0 unspecified atom stereocenters. The summed E-state index contributed by atoms with van der Waals surface area (Å²) in [5.74, 6) is 0.777. The Balaban J connectivity index is 1.68. The van der Waals surface area contributed by atoms with Crippen LogP contribution in [0.2, 0.25) is 0 Å². The minimum absolute atomic E-state index is 0.742. The molecule has 0 aliphatic heterocycles. The van der Waals surface area contributed by atoms with Gasteiger partial charge in [0.1, 0.15) is 0 Å². The van der Waals surface area contributed by atoms with E-state index in [9.17, 15) is 0 Å². The van der Waals surface area contributed by atoms with Gasteiger partial charge >= 0.3 is 0 Å². The molecule has 4 nitrogen and oxygen atoms in total. The molecule has 0 amide bonds. The summed E-state index contributed by atoms with van der Waals surface area (Å²) in [4.78, 5) is 0. The summed E-state index contributed by atoms with van der Waals surface area (Å²) in [5, 5.41) is 11.7. The third kappa shape index (κ3) is 3.93. The van der Waals surface area contributed by atoms with Crippen molar-refractivity contribution in [2.45, 2.75) is 58.7 Å². The molecule has 1 saturated carbocycles. The molecule has 1 fully saturated rings. The third-order valence-electron chi connectivity index (χ3n) is 2.90. The Morgan fingerprint density at radius 3 is 3.00 bits per heavy atom. The summed E-state index contributed by atoms with van der Waals surface area (Å²) < 4.78 is 1.96. The Kier molecular flexibility index (Phi) is 3.93. The lowest BCUT2D eigenvalue weighted by molar-refractivity contribution is 0.482. The van der Waals surface area contributed by atoms with Crippen LogP contribution in [0.1, 0.15) is 45.2 Å². The van der Waals surface area contributed by atoms with Crippen molar-refractivity contribution < 1.29 is 0 Å². The van der Waals surface area contributed by atoms with E-state index in [1.54, 1.807) is 0 Å². The molecule has 1 aliphatic carbocycles. The van der Waals surface area contributed by atoms with Crippen molar-refractivity contribution in [2.75, 3.05) is 0 Å². The lowest BCUT2D eigenvalue weighted by Gasteiger charge is -2.03. The average Bonchev–Trinajstić information content (AvgIpc) is 2.96. The molecule has 4 heteroatoms. The molecule has 0 spiro atoms. The van der Waals surface area contributed by atoms with E-state index < -0.39 is 0 Å². The van der Waals surface area contributed by atoms with E-state index in [0.717, 1.165) is 30.7 Å². The second-order valence-corrected chi connectivity index (χ2v) is 5.16. The normalized spacial score (nSPS) is 15.9. The summed E-state index contributed by atoms with van der Waals surface area (Å²) in [7, 11) is 0. The molecule has 1 heterocycles. The number of rotatable bonds is 7. The average molecular weight is 222 g/mol. The van der Waals surface area contributed by atoms with E-state index >= 15 is 0 Å². The molecule has 16 heavy (non-hydrogen) atoms. The summed E-state index contributed by atoms with van der Waals surface area (Å²) in [5.41, 5.74) is 1.07. The van der Waals surface area contributed by atoms with E-state index in [4.69, 9.17) is 0 Å². The molecule has 1 aromatic heterocycles. The van der Waals surface area contributed by atoms with Gasteiger partial charge in [-0.1, -0.05) is 19.1 Å². The van der Waals surface area contributed by atoms with Gasteiger partial charge in [0, 0.05) is 25.3 Å². The smallest absolute Gasteiger partial charge is 0.0964 e. The lowest BCUT2D eigenvalue weighted by atomic mass is 10.1. The lowest BCUT2D eigenvalue weighted by Crippen LogP contribution is -2.15. The molecule has 0 atom stereocenters. The standard InChI is InChI=1S/C12H22N4/c1-10(2)4-3-7-16-9-12(14-15-16)8-13-11-5-6-11/h9-11,13H,3-8H2,1-2H3. The summed E-state index contributed by atoms with van der Waals surface area (Å²) in [6.45, 7) is 6.38. The highest BCUT2D eigenvalue weighted by molar-refractivity contribution is 4.94. The predicted molar refractivity (Wildman–Crippen MR) is 64.0 cm³/mol. The Hall–Kier alpha value is -0.900. The number of nitrogens with one attached hydrogen (secondary N) is 1. The summed E-state index contributed by atoms with van der Waals surface area (Å²) in [6.07, 6.45) is 7.16. The van der Waals surface area contributed by atoms with Crippen molar-refractivity contribution in [2.24, 2.45) is 5.92 Å². The van der Waals surface area contributed by atoms with Crippen molar-refractivity contribution >= 4 is 0 Å². The maximum absolute atomic E-state index is 4.16. The molecule has 0 radical (unpaired) electrons. The molecule has 90 valence electrons. The maximum atomic E-state index is 4.16. The van der Waals surface area contributed by atoms with Gasteiger partial charge in [0.25, 0.3) is 0 Å². The number of hydrogen-bond acceptors (Lipinski definition) is 3. The molecular formula is C12H22N4. The first-order chi connectivity index (χ1) is 7.74. The highest BCUT2D eigenvalue weighted by Gasteiger charge is 2.20. The monoisotopic (exact) mass is 222 g/mol. The Morgan fingerprint density at radius 2 is 2.31 bits per heavy atom. The van der Waals surface area contributed by atoms with Crippen LogP contribution < -0.4 is 5.32 Å². The Labute approximate surface area is 97.4 Å². The topological polar surface area (TPSA) is 42.7 Å². The van der Waals surface area contributed by atoms with E-state index in [1.165, 1.54) is 25.7 Å². The second-order valence-electron chi connectivity index (χ2n) is 5.16. The van der Waals surface area contributed by atoms with Gasteiger partial charge in [-0.2, -0.15) is 0 Å². The van der Waals surface area contributed by atoms with Gasteiger partial charge < -0.3 is 5.32 Å². The first-order valence-electron chi connectivity index (χ1n) is 6.36. The Bertz CT molecular complexity index is 315. The quantitative estimate of drug-likeness (QED) is 0.767. The van der Waals surface area contributed by atoms with Crippen molar-refractivity contribution in [1.29, 1.82) is 0 Å². The number of nitrogens with zero attached hydrogens (tertiary/aromatic N) is 3. The molecule has 0 bridgehead atoms. The van der Waals surface area contributed by atoms with E-state index in [2.05, 4.69) is 35.7 Å². The van der Waals surface area contributed by atoms with Gasteiger partial charge in [0.15, 0.2) is 0 Å². The van der Waals surface area contributed by atoms with Gasteiger partial charge in [-0.15, -0.1) is 5.10 Å². The van der Waals surface area contributed by atoms with Crippen LogP contribution in [0.4, 0.5) is 0 Å². The van der Waals surface area contributed by atoms with Gasteiger partial charge in [0.2, 0.25) is 0 Å². The summed E-state index contributed by atoms with van der Waals surface area (Å²) >= 11 is 0. The van der Waals surface area contributed by atoms with Crippen LogP contribution in [0.15, 0.2) is 6.20 Å². The van der Waals surface area contributed by atoms with Crippen molar-refractivity contribution in [3.63, 3.8) is 0 Å². The molecule has 0 aromatic carbocycles. The second kappa shape index (κ2) is 5.43. The van der Waals surface area contributed by atoms with E-state index in [-0.39, 0.29) is 0 Å². The predicted octanol–water partition coefficient (Wildman–Crippen LogP) is 1.97. The number of hydrogen-bond donors (Lipinski definition) is 1. The molecule has 1 N–H and O–H groups in total. The zero-order chi connectivity index (χ0) is 11.4. The van der Waals surface area contributed by atoms with Crippen LogP contribution in [-0.4, -0.2) is 21.0 Å². The largest absolute Gasteiger partial charge is 0.308 e. The maximum Gasteiger partial charge on any atom is 0.0964 e. The van der Waals surface area contributed by atoms with Crippen LogP contribution in [0, 0.1) is 5.92 Å². The van der Waals surface area contributed by atoms with Crippen molar-refractivity contribution in [3.05, 3.63) is 11.9 Å².